The van der Waals surface area contributed by atoms with E-state index in [-0.39, 0.29) is 5.91 Å². The summed E-state index contributed by atoms with van der Waals surface area (Å²) >= 11 is 0. The fraction of sp³-hybridized carbons (Fsp3) is 0.462. The van der Waals surface area contributed by atoms with E-state index in [0.717, 1.165) is 5.56 Å². The van der Waals surface area contributed by atoms with Crippen LogP contribution in [0.2, 0.25) is 0 Å². The van der Waals surface area contributed by atoms with Gasteiger partial charge in [0.1, 0.15) is 0 Å². The van der Waals surface area contributed by atoms with Crippen LogP contribution in [0.4, 0.5) is 0 Å². The molecule has 88 valence electrons. The van der Waals surface area contributed by atoms with E-state index in [2.05, 4.69) is 10.6 Å². The Morgan fingerprint density at radius 1 is 1.31 bits per heavy atom. The van der Waals surface area contributed by atoms with Crippen molar-refractivity contribution in [2.45, 2.75) is 26.3 Å². The third-order valence-corrected chi connectivity index (χ3v) is 2.58. The average Bonchev–Trinajstić information content (AvgIpc) is 2.29. The predicted molar refractivity (Wildman–Crippen MR) is 66.4 cm³/mol. The second-order valence-corrected chi connectivity index (χ2v) is 4.16. The highest BCUT2D eigenvalue weighted by Gasteiger charge is 2.04. The van der Waals surface area contributed by atoms with Gasteiger partial charge in [0.05, 0.1) is 6.42 Å². The molecule has 0 aliphatic heterocycles. The lowest BCUT2D eigenvalue weighted by Crippen LogP contribution is -2.37. The molecule has 1 aromatic carbocycles. The minimum absolute atomic E-state index is 0.0750. The first kappa shape index (κ1) is 12.7. The Hall–Kier alpha value is -1.35. The van der Waals surface area contributed by atoms with E-state index in [1.54, 1.807) is 0 Å². The van der Waals surface area contributed by atoms with Crippen LogP contribution >= 0.6 is 0 Å². The Bertz CT molecular complexity index is 332. The minimum Gasteiger partial charge on any atom is -0.354 e. The molecule has 1 aromatic rings. The summed E-state index contributed by atoms with van der Waals surface area (Å²) in [5, 5.41) is 5.97. The zero-order valence-electron chi connectivity index (χ0n) is 10.2. The number of likely N-dealkylation sites (N-methyl/N-ethyl adjacent to an activating group) is 1. The molecule has 1 amide bonds. The molecule has 0 aliphatic carbocycles. The van der Waals surface area contributed by atoms with Crippen LogP contribution in [-0.4, -0.2) is 25.5 Å². The van der Waals surface area contributed by atoms with Gasteiger partial charge in [0, 0.05) is 12.6 Å². The van der Waals surface area contributed by atoms with Crippen molar-refractivity contribution >= 4 is 5.91 Å². The number of carbonyl (C=O) groups excluding carboxylic acids is 1. The van der Waals surface area contributed by atoms with Gasteiger partial charge in [-0.1, -0.05) is 29.8 Å². The molecule has 3 nitrogen and oxygen atoms in total. The number of aryl methyl sites for hydroxylation is 1. The SMILES string of the molecule is CNC(C)CNC(=O)Cc1ccc(C)cc1. The van der Waals surface area contributed by atoms with E-state index in [4.69, 9.17) is 0 Å². The lowest BCUT2D eigenvalue weighted by molar-refractivity contribution is -0.120. The maximum absolute atomic E-state index is 11.6. The third kappa shape index (κ3) is 4.45. The van der Waals surface area contributed by atoms with E-state index in [1.165, 1.54) is 5.56 Å². The second kappa shape index (κ2) is 6.28. The Labute approximate surface area is 97.2 Å². The number of rotatable bonds is 5. The highest BCUT2D eigenvalue weighted by molar-refractivity contribution is 5.78. The van der Waals surface area contributed by atoms with Gasteiger partial charge in [-0.05, 0) is 26.5 Å². The van der Waals surface area contributed by atoms with Crippen molar-refractivity contribution in [3.63, 3.8) is 0 Å². The van der Waals surface area contributed by atoms with Gasteiger partial charge in [0.15, 0.2) is 0 Å². The standard InChI is InChI=1S/C13H20N2O/c1-10-4-6-12(7-5-10)8-13(16)15-9-11(2)14-3/h4-7,11,14H,8-9H2,1-3H3,(H,15,16). The minimum atomic E-state index is 0.0750. The first-order valence-corrected chi connectivity index (χ1v) is 5.61. The molecule has 0 bridgehead atoms. The van der Waals surface area contributed by atoms with E-state index in [9.17, 15) is 4.79 Å². The number of carbonyl (C=O) groups is 1. The van der Waals surface area contributed by atoms with Crippen molar-refractivity contribution < 1.29 is 4.79 Å². The number of benzene rings is 1. The molecule has 16 heavy (non-hydrogen) atoms. The molecule has 0 spiro atoms. The first-order chi connectivity index (χ1) is 7.61. The Morgan fingerprint density at radius 2 is 1.94 bits per heavy atom. The van der Waals surface area contributed by atoms with Crippen LogP contribution in [0, 0.1) is 6.92 Å². The Kier molecular flexibility index (Phi) is 4.99. The van der Waals surface area contributed by atoms with Crippen LogP contribution in [0.3, 0.4) is 0 Å². The van der Waals surface area contributed by atoms with E-state index >= 15 is 0 Å². The van der Waals surface area contributed by atoms with Gasteiger partial charge in [-0.2, -0.15) is 0 Å². The predicted octanol–water partition coefficient (Wildman–Crippen LogP) is 1.26. The summed E-state index contributed by atoms with van der Waals surface area (Å²) in [6, 6.07) is 8.35. The summed E-state index contributed by atoms with van der Waals surface area (Å²) in [5.74, 6) is 0.0750. The number of nitrogens with one attached hydrogen (secondary N) is 2. The third-order valence-electron chi connectivity index (χ3n) is 2.58. The largest absolute Gasteiger partial charge is 0.354 e. The Balaban J connectivity index is 2.37. The molecule has 0 aliphatic rings. The number of hydrogen-bond donors (Lipinski definition) is 2. The van der Waals surface area contributed by atoms with Gasteiger partial charge in [0.25, 0.3) is 0 Å². The van der Waals surface area contributed by atoms with Gasteiger partial charge in [0.2, 0.25) is 5.91 Å². The zero-order chi connectivity index (χ0) is 12.0. The molecule has 3 heteroatoms. The van der Waals surface area contributed by atoms with Crippen molar-refractivity contribution in [1.82, 2.24) is 10.6 Å². The lowest BCUT2D eigenvalue weighted by Gasteiger charge is -2.11. The molecule has 1 atom stereocenters. The molecule has 1 rings (SSSR count). The van der Waals surface area contributed by atoms with Gasteiger partial charge in [-0.25, -0.2) is 0 Å². The number of hydrogen-bond acceptors (Lipinski definition) is 2. The summed E-state index contributed by atoms with van der Waals surface area (Å²) in [4.78, 5) is 11.6. The van der Waals surface area contributed by atoms with Crippen molar-refractivity contribution in [3.8, 4) is 0 Å². The van der Waals surface area contributed by atoms with Gasteiger partial charge in [-0.15, -0.1) is 0 Å². The maximum atomic E-state index is 11.6. The van der Waals surface area contributed by atoms with E-state index in [0.29, 0.717) is 19.0 Å². The zero-order valence-corrected chi connectivity index (χ0v) is 10.2. The second-order valence-electron chi connectivity index (χ2n) is 4.16. The van der Waals surface area contributed by atoms with Crippen LogP contribution in [0.1, 0.15) is 18.1 Å². The summed E-state index contributed by atoms with van der Waals surface area (Å²) in [5.41, 5.74) is 2.27. The van der Waals surface area contributed by atoms with Crippen LogP contribution in [0.5, 0.6) is 0 Å². The molecular weight excluding hydrogens is 200 g/mol. The average molecular weight is 220 g/mol. The molecule has 0 heterocycles. The fourth-order valence-electron chi connectivity index (χ4n) is 1.32. The molecule has 2 N–H and O–H groups in total. The maximum Gasteiger partial charge on any atom is 0.224 e. The summed E-state index contributed by atoms with van der Waals surface area (Å²) in [7, 11) is 1.89. The molecule has 0 radical (unpaired) electrons. The van der Waals surface area contributed by atoms with E-state index in [1.807, 2.05) is 45.2 Å². The highest BCUT2D eigenvalue weighted by atomic mass is 16.1. The summed E-state index contributed by atoms with van der Waals surface area (Å²) < 4.78 is 0. The molecular formula is C13H20N2O. The van der Waals surface area contributed by atoms with Crippen molar-refractivity contribution in [3.05, 3.63) is 35.4 Å². The van der Waals surface area contributed by atoms with Crippen LogP contribution in [0.25, 0.3) is 0 Å². The monoisotopic (exact) mass is 220 g/mol. The molecule has 0 aromatic heterocycles. The molecule has 0 fully saturated rings. The van der Waals surface area contributed by atoms with Crippen LogP contribution in [0.15, 0.2) is 24.3 Å². The van der Waals surface area contributed by atoms with Gasteiger partial charge >= 0.3 is 0 Å². The smallest absolute Gasteiger partial charge is 0.224 e. The van der Waals surface area contributed by atoms with Crippen molar-refractivity contribution in [1.29, 1.82) is 0 Å². The number of amides is 1. The normalized spacial score (nSPS) is 12.2. The molecule has 0 saturated heterocycles. The molecule has 1 unspecified atom stereocenters. The fourth-order valence-corrected chi connectivity index (χ4v) is 1.32. The quantitative estimate of drug-likeness (QED) is 0.784. The molecule has 0 saturated carbocycles. The topological polar surface area (TPSA) is 41.1 Å². The van der Waals surface area contributed by atoms with Crippen LogP contribution < -0.4 is 10.6 Å². The highest BCUT2D eigenvalue weighted by Crippen LogP contribution is 2.03. The van der Waals surface area contributed by atoms with Crippen molar-refractivity contribution in [2.75, 3.05) is 13.6 Å². The van der Waals surface area contributed by atoms with Crippen LogP contribution in [-0.2, 0) is 11.2 Å². The first-order valence-electron chi connectivity index (χ1n) is 5.61. The van der Waals surface area contributed by atoms with Gasteiger partial charge < -0.3 is 10.6 Å². The summed E-state index contributed by atoms with van der Waals surface area (Å²) in [6.45, 7) is 4.74. The Morgan fingerprint density at radius 3 is 2.50 bits per heavy atom. The van der Waals surface area contributed by atoms with Gasteiger partial charge in [-0.3, -0.25) is 4.79 Å². The van der Waals surface area contributed by atoms with Crippen molar-refractivity contribution in [2.24, 2.45) is 0 Å². The van der Waals surface area contributed by atoms with E-state index < -0.39 is 0 Å². The lowest BCUT2D eigenvalue weighted by atomic mass is 10.1. The summed E-state index contributed by atoms with van der Waals surface area (Å²) in [6.07, 6.45) is 0.455.